The Kier molecular flexibility index (Phi) is 6.04. The van der Waals surface area contributed by atoms with Gasteiger partial charge in [0, 0.05) is 13.7 Å². The van der Waals surface area contributed by atoms with Gasteiger partial charge in [0.2, 0.25) is 5.91 Å². The van der Waals surface area contributed by atoms with Crippen molar-refractivity contribution >= 4 is 23.2 Å². The quantitative estimate of drug-likeness (QED) is 0.781. The third kappa shape index (κ3) is 4.60. The van der Waals surface area contributed by atoms with Gasteiger partial charge in [-0.05, 0) is 25.1 Å². The Balaban J connectivity index is 2.53. The molecule has 2 N–H and O–H groups in total. The van der Waals surface area contributed by atoms with Gasteiger partial charge in [0.05, 0.1) is 23.4 Å². The molecule has 0 heterocycles. The highest BCUT2D eigenvalue weighted by Crippen LogP contribution is 2.22. The van der Waals surface area contributed by atoms with E-state index in [1.165, 1.54) is 12.1 Å². The lowest BCUT2D eigenvalue weighted by atomic mass is 10.2. The van der Waals surface area contributed by atoms with Gasteiger partial charge in [0.15, 0.2) is 0 Å². The molecule has 1 amide bonds. The first-order valence-electron chi connectivity index (χ1n) is 5.53. The fourth-order valence-electron chi connectivity index (χ4n) is 1.30. The summed E-state index contributed by atoms with van der Waals surface area (Å²) in [7, 11) is 1.59. The van der Waals surface area contributed by atoms with Crippen LogP contribution in [-0.4, -0.2) is 32.2 Å². The second-order valence-corrected chi connectivity index (χ2v) is 4.19. The molecule has 100 valence electrons. The second kappa shape index (κ2) is 7.31. The minimum Gasteiger partial charge on any atom is -0.383 e. The van der Waals surface area contributed by atoms with Gasteiger partial charge in [-0.25, -0.2) is 4.39 Å². The lowest BCUT2D eigenvalue weighted by Gasteiger charge is -2.14. The van der Waals surface area contributed by atoms with Crippen molar-refractivity contribution in [2.45, 2.75) is 13.0 Å². The molecule has 0 saturated carbocycles. The summed E-state index contributed by atoms with van der Waals surface area (Å²) in [5.41, 5.74) is 0.392. The van der Waals surface area contributed by atoms with E-state index < -0.39 is 5.82 Å². The molecule has 0 bridgehead atoms. The van der Waals surface area contributed by atoms with Crippen molar-refractivity contribution in [2.24, 2.45) is 0 Å². The van der Waals surface area contributed by atoms with Crippen molar-refractivity contribution in [3.05, 3.63) is 29.0 Å². The fraction of sp³-hybridized carbons (Fsp3) is 0.417. The zero-order valence-electron chi connectivity index (χ0n) is 10.3. The highest BCUT2D eigenvalue weighted by molar-refractivity contribution is 6.33. The molecule has 0 aromatic heterocycles. The predicted octanol–water partition coefficient (Wildman–Crippen LogP) is 2.04. The van der Waals surface area contributed by atoms with Crippen molar-refractivity contribution < 1.29 is 13.9 Å². The predicted molar refractivity (Wildman–Crippen MR) is 69.4 cm³/mol. The molecule has 1 aromatic carbocycles. The number of methoxy groups -OCH3 is 1. The third-order valence-corrected chi connectivity index (χ3v) is 2.65. The largest absolute Gasteiger partial charge is 0.383 e. The lowest BCUT2D eigenvalue weighted by molar-refractivity contribution is -0.117. The molecule has 0 radical (unpaired) electrons. The minimum atomic E-state index is -0.440. The normalized spacial score (nSPS) is 12.2. The zero-order chi connectivity index (χ0) is 13.5. The molecular formula is C12H16ClFN2O2. The summed E-state index contributed by atoms with van der Waals surface area (Å²) in [5, 5.41) is 5.78. The number of rotatable bonds is 6. The third-order valence-electron chi connectivity index (χ3n) is 2.34. The van der Waals surface area contributed by atoms with E-state index in [9.17, 15) is 9.18 Å². The van der Waals surface area contributed by atoms with Gasteiger partial charge in [0.25, 0.3) is 0 Å². The number of benzene rings is 1. The Bertz CT molecular complexity index is 415. The summed E-state index contributed by atoms with van der Waals surface area (Å²) in [6.07, 6.45) is 0. The highest BCUT2D eigenvalue weighted by Gasteiger charge is 2.13. The Morgan fingerprint density at radius 1 is 1.56 bits per heavy atom. The number of hydrogen-bond acceptors (Lipinski definition) is 3. The number of nitrogens with one attached hydrogen (secondary N) is 2. The number of anilines is 1. The van der Waals surface area contributed by atoms with Crippen LogP contribution in [0.1, 0.15) is 6.92 Å². The second-order valence-electron chi connectivity index (χ2n) is 3.78. The van der Waals surface area contributed by atoms with Gasteiger partial charge in [-0.2, -0.15) is 0 Å². The van der Waals surface area contributed by atoms with Crippen LogP contribution in [0.2, 0.25) is 5.02 Å². The van der Waals surface area contributed by atoms with E-state index in [1.54, 1.807) is 14.0 Å². The maximum atomic E-state index is 12.8. The summed E-state index contributed by atoms with van der Waals surface area (Å²) in [6, 6.07) is 3.43. The SMILES string of the molecule is COCCN[C@@H](C)C(=O)Nc1ccc(F)cc1Cl. The van der Waals surface area contributed by atoms with Gasteiger partial charge >= 0.3 is 0 Å². The van der Waals surface area contributed by atoms with Crippen molar-refractivity contribution in [2.75, 3.05) is 25.6 Å². The number of ether oxygens (including phenoxy) is 1. The van der Waals surface area contributed by atoms with Gasteiger partial charge < -0.3 is 15.4 Å². The van der Waals surface area contributed by atoms with Crippen LogP contribution in [0.15, 0.2) is 18.2 Å². The van der Waals surface area contributed by atoms with Crippen LogP contribution in [0.25, 0.3) is 0 Å². The number of amides is 1. The molecule has 0 aliphatic rings. The van der Waals surface area contributed by atoms with E-state index in [1.807, 2.05) is 0 Å². The molecule has 0 saturated heterocycles. The Morgan fingerprint density at radius 3 is 2.89 bits per heavy atom. The van der Waals surface area contributed by atoms with E-state index in [2.05, 4.69) is 10.6 Å². The molecule has 0 aliphatic heterocycles. The van der Waals surface area contributed by atoms with E-state index in [4.69, 9.17) is 16.3 Å². The molecule has 1 rings (SSSR count). The summed E-state index contributed by atoms with van der Waals surface area (Å²) in [6.45, 7) is 2.82. The van der Waals surface area contributed by atoms with Crippen molar-refractivity contribution in [3.8, 4) is 0 Å². The number of carbonyl (C=O) groups excluding carboxylic acids is 1. The monoisotopic (exact) mass is 274 g/mol. The van der Waals surface area contributed by atoms with Crippen LogP contribution >= 0.6 is 11.6 Å². The van der Waals surface area contributed by atoms with Crippen molar-refractivity contribution in [1.82, 2.24) is 5.32 Å². The molecule has 18 heavy (non-hydrogen) atoms. The van der Waals surface area contributed by atoms with Crippen LogP contribution in [0, 0.1) is 5.82 Å². The lowest BCUT2D eigenvalue weighted by Crippen LogP contribution is -2.39. The molecule has 0 fully saturated rings. The summed E-state index contributed by atoms with van der Waals surface area (Å²) >= 11 is 5.81. The van der Waals surface area contributed by atoms with Gasteiger partial charge in [0.1, 0.15) is 5.82 Å². The number of halogens is 2. The van der Waals surface area contributed by atoms with E-state index in [-0.39, 0.29) is 17.0 Å². The number of carbonyl (C=O) groups is 1. The first-order valence-corrected chi connectivity index (χ1v) is 5.90. The smallest absolute Gasteiger partial charge is 0.241 e. The first-order chi connectivity index (χ1) is 8.54. The molecule has 0 spiro atoms. The molecular weight excluding hydrogens is 259 g/mol. The van der Waals surface area contributed by atoms with Crippen LogP contribution in [-0.2, 0) is 9.53 Å². The first kappa shape index (κ1) is 14.9. The Morgan fingerprint density at radius 2 is 2.28 bits per heavy atom. The fourth-order valence-corrected chi connectivity index (χ4v) is 1.52. The molecule has 0 unspecified atom stereocenters. The summed E-state index contributed by atoms with van der Waals surface area (Å²) in [4.78, 5) is 11.8. The minimum absolute atomic E-state index is 0.174. The maximum absolute atomic E-state index is 12.8. The van der Waals surface area contributed by atoms with Crippen LogP contribution in [0.3, 0.4) is 0 Å². The van der Waals surface area contributed by atoms with E-state index >= 15 is 0 Å². The highest BCUT2D eigenvalue weighted by atomic mass is 35.5. The average molecular weight is 275 g/mol. The van der Waals surface area contributed by atoms with E-state index in [0.29, 0.717) is 18.8 Å². The summed E-state index contributed by atoms with van der Waals surface area (Å²) < 4.78 is 17.7. The molecule has 0 aliphatic carbocycles. The molecule has 1 aromatic rings. The number of hydrogen-bond donors (Lipinski definition) is 2. The van der Waals surface area contributed by atoms with Crippen molar-refractivity contribution in [3.63, 3.8) is 0 Å². The average Bonchev–Trinajstić information content (AvgIpc) is 2.32. The van der Waals surface area contributed by atoms with Crippen molar-refractivity contribution in [1.29, 1.82) is 0 Å². The maximum Gasteiger partial charge on any atom is 0.241 e. The molecule has 1 atom stereocenters. The van der Waals surface area contributed by atoms with E-state index in [0.717, 1.165) is 6.07 Å². The zero-order valence-corrected chi connectivity index (χ0v) is 11.1. The Labute approximate surface area is 110 Å². The summed E-state index contributed by atoms with van der Waals surface area (Å²) in [5.74, 6) is -0.677. The van der Waals surface area contributed by atoms with Crippen LogP contribution < -0.4 is 10.6 Å². The Hall–Kier alpha value is -1.17. The van der Waals surface area contributed by atoms with Gasteiger partial charge in [-0.1, -0.05) is 11.6 Å². The van der Waals surface area contributed by atoms with Crippen LogP contribution in [0.4, 0.5) is 10.1 Å². The van der Waals surface area contributed by atoms with Gasteiger partial charge in [-0.3, -0.25) is 4.79 Å². The standard InChI is InChI=1S/C12H16ClFN2O2/c1-8(15-5-6-18-2)12(17)16-11-4-3-9(14)7-10(11)13/h3-4,7-8,15H,5-6H2,1-2H3,(H,16,17)/t8-/m0/s1. The molecule has 6 heteroatoms. The molecule has 4 nitrogen and oxygen atoms in total. The van der Waals surface area contributed by atoms with Gasteiger partial charge in [-0.15, -0.1) is 0 Å². The van der Waals surface area contributed by atoms with Crippen LogP contribution in [0.5, 0.6) is 0 Å². The topological polar surface area (TPSA) is 50.4 Å².